The Balaban J connectivity index is 1.31. The maximum atomic E-state index is 13.8. The van der Waals surface area contributed by atoms with Crippen molar-refractivity contribution in [3.05, 3.63) is 118 Å². The fourth-order valence-corrected chi connectivity index (χ4v) is 7.84. The molecule has 1 atom stereocenters. The van der Waals surface area contributed by atoms with Crippen LogP contribution in [-0.2, 0) is 32.0 Å². The summed E-state index contributed by atoms with van der Waals surface area (Å²) in [4.78, 5) is 69.5. The largest absolute Gasteiger partial charge is 0.462 e. The van der Waals surface area contributed by atoms with Crippen molar-refractivity contribution in [1.82, 2.24) is 10.2 Å². The molecule has 1 aromatic heterocycles. The number of thioether (sulfide) groups is 1. The summed E-state index contributed by atoms with van der Waals surface area (Å²) in [6.07, 6.45) is 2.05. The molecule has 11 nitrogen and oxygen atoms in total. The number of nitrogens with zero attached hydrogens (tertiary/aromatic N) is 1. The van der Waals surface area contributed by atoms with Crippen LogP contribution in [0.1, 0.15) is 77.8 Å². The molecule has 0 aliphatic carbocycles. The highest BCUT2D eigenvalue weighted by atomic mass is 32.2. The first-order valence-corrected chi connectivity index (χ1v) is 19.4. The second-order valence-corrected chi connectivity index (χ2v) is 15.7. The van der Waals surface area contributed by atoms with E-state index in [2.05, 4.69) is 16.0 Å². The summed E-state index contributed by atoms with van der Waals surface area (Å²) in [5.41, 5.74) is 2.10. The van der Waals surface area contributed by atoms with Crippen molar-refractivity contribution >= 4 is 69.6 Å². The van der Waals surface area contributed by atoms with E-state index in [9.17, 15) is 24.0 Å². The van der Waals surface area contributed by atoms with Gasteiger partial charge in [-0.15, -0.1) is 23.1 Å². The van der Waals surface area contributed by atoms with Crippen molar-refractivity contribution in [2.45, 2.75) is 69.8 Å². The molecule has 5 rings (SSSR count). The average Bonchev–Trinajstić information content (AvgIpc) is 3.51. The molecule has 0 saturated carbocycles. The zero-order valence-electron chi connectivity index (χ0n) is 30.9. The third-order valence-electron chi connectivity index (χ3n) is 8.10. The first-order chi connectivity index (χ1) is 25.8. The molecule has 282 valence electrons. The van der Waals surface area contributed by atoms with Crippen molar-refractivity contribution in [3.63, 3.8) is 0 Å². The molecule has 2 heterocycles. The lowest BCUT2D eigenvalue weighted by Crippen LogP contribution is -2.39. The Morgan fingerprint density at radius 1 is 0.926 bits per heavy atom. The second-order valence-electron chi connectivity index (χ2n) is 13.4. The Morgan fingerprint density at radius 2 is 1.63 bits per heavy atom. The van der Waals surface area contributed by atoms with Gasteiger partial charge in [-0.2, -0.15) is 0 Å². The molecule has 3 aromatic carbocycles. The highest BCUT2D eigenvalue weighted by molar-refractivity contribution is 8.00. The van der Waals surface area contributed by atoms with Crippen molar-refractivity contribution in [2.24, 2.45) is 0 Å². The van der Waals surface area contributed by atoms with E-state index in [1.54, 1.807) is 66.4 Å². The predicted molar refractivity (Wildman–Crippen MR) is 213 cm³/mol. The number of thiophene rings is 1. The summed E-state index contributed by atoms with van der Waals surface area (Å²) in [7, 11) is 0. The van der Waals surface area contributed by atoms with Crippen LogP contribution >= 0.6 is 23.1 Å². The molecule has 0 spiro atoms. The summed E-state index contributed by atoms with van der Waals surface area (Å²) >= 11 is 2.58. The van der Waals surface area contributed by atoms with Gasteiger partial charge < -0.3 is 30.3 Å². The second kappa shape index (κ2) is 18.1. The number of ether oxygens (including phenoxy) is 2. The third kappa shape index (κ3) is 10.6. The lowest BCUT2D eigenvalue weighted by atomic mass is 10.0. The van der Waals surface area contributed by atoms with Gasteiger partial charge in [0.2, 0.25) is 5.91 Å². The molecular weight excluding hydrogens is 725 g/mol. The Bertz CT molecular complexity index is 2020. The number of rotatable bonds is 12. The molecule has 54 heavy (non-hydrogen) atoms. The summed E-state index contributed by atoms with van der Waals surface area (Å²) in [5.74, 6) is -1.77. The zero-order valence-corrected chi connectivity index (χ0v) is 32.5. The van der Waals surface area contributed by atoms with Crippen LogP contribution in [0.25, 0.3) is 6.08 Å². The lowest BCUT2D eigenvalue weighted by molar-refractivity contribution is -0.116. The Morgan fingerprint density at radius 3 is 2.30 bits per heavy atom. The van der Waals surface area contributed by atoms with Crippen LogP contribution in [0.4, 0.5) is 15.5 Å². The minimum absolute atomic E-state index is 0.0594. The molecule has 4 amide bonds. The van der Waals surface area contributed by atoms with E-state index in [0.717, 1.165) is 20.9 Å². The Hall–Kier alpha value is -5.40. The molecule has 13 heteroatoms. The lowest BCUT2D eigenvalue weighted by Gasteiger charge is -2.30. The number of esters is 1. The minimum Gasteiger partial charge on any atom is -0.462 e. The van der Waals surface area contributed by atoms with Crippen molar-refractivity contribution in [2.75, 3.05) is 23.8 Å². The number of carbonyl (C=O) groups excluding carboxylic acids is 5. The fourth-order valence-electron chi connectivity index (χ4n) is 5.58. The van der Waals surface area contributed by atoms with Gasteiger partial charge in [-0.3, -0.25) is 14.4 Å². The van der Waals surface area contributed by atoms with Gasteiger partial charge in [-0.1, -0.05) is 61.5 Å². The van der Waals surface area contributed by atoms with Crippen LogP contribution in [0.3, 0.4) is 0 Å². The molecule has 4 aromatic rings. The molecule has 0 bridgehead atoms. The minimum atomic E-state index is -0.650. The average molecular weight is 769 g/mol. The maximum absolute atomic E-state index is 13.8. The molecule has 1 aliphatic heterocycles. The van der Waals surface area contributed by atoms with E-state index in [-0.39, 0.29) is 24.8 Å². The molecule has 0 radical (unpaired) electrons. The van der Waals surface area contributed by atoms with Crippen molar-refractivity contribution < 1.29 is 33.4 Å². The number of hydrogen-bond donors (Lipinski definition) is 3. The molecule has 0 fully saturated rings. The first kappa shape index (κ1) is 39.8. The smallest absolute Gasteiger partial charge is 0.410 e. The number of anilines is 2. The summed E-state index contributed by atoms with van der Waals surface area (Å²) in [6, 6.07) is 24.9. The first-order valence-electron chi connectivity index (χ1n) is 17.7. The van der Waals surface area contributed by atoms with E-state index >= 15 is 0 Å². The Kier molecular flexibility index (Phi) is 13.3. The zero-order chi connectivity index (χ0) is 38.8. The van der Waals surface area contributed by atoms with Crippen LogP contribution in [0.15, 0.2) is 95.5 Å². The van der Waals surface area contributed by atoms with E-state index < -0.39 is 34.7 Å². The normalized spacial score (nSPS) is 13.3. The van der Waals surface area contributed by atoms with E-state index in [1.165, 1.54) is 23.1 Å². The number of fused-ring (bicyclic) bond motifs is 1. The quantitative estimate of drug-likeness (QED) is 0.0745. The summed E-state index contributed by atoms with van der Waals surface area (Å²) in [5, 5.41) is 8.44. The predicted octanol–water partition coefficient (Wildman–Crippen LogP) is 8.14. The molecule has 1 unspecified atom stereocenters. The van der Waals surface area contributed by atoms with E-state index in [4.69, 9.17) is 9.47 Å². The van der Waals surface area contributed by atoms with Crippen molar-refractivity contribution in [3.8, 4) is 0 Å². The molecule has 0 saturated heterocycles. The van der Waals surface area contributed by atoms with Gasteiger partial charge in [0.15, 0.2) is 0 Å². The number of carbonyl (C=O) groups is 5. The summed E-state index contributed by atoms with van der Waals surface area (Å²) in [6.45, 7) is 9.82. The van der Waals surface area contributed by atoms with Gasteiger partial charge >= 0.3 is 12.1 Å². The number of hydrogen-bond acceptors (Lipinski definition) is 9. The highest BCUT2D eigenvalue weighted by Crippen LogP contribution is 2.39. The topological polar surface area (TPSA) is 143 Å². The van der Waals surface area contributed by atoms with Gasteiger partial charge in [0.25, 0.3) is 11.8 Å². The van der Waals surface area contributed by atoms with Crippen molar-refractivity contribution in [1.29, 1.82) is 0 Å². The van der Waals surface area contributed by atoms with Gasteiger partial charge in [0.05, 0.1) is 24.0 Å². The monoisotopic (exact) mass is 768 g/mol. The van der Waals surface area contributed by atoms with Gasteiger partial charge in [-0.05, 0) is 88.1 Å². The number of benzene rings is 3. The third-order valence-corrected chi connectivity index (χ3v) is 10.6. The molecule has 1 aliphatic rings. The van der Waals surface area contributed by atoms with Crippen LogP contribution in [0.5, 0.6) is 0 Å². The van der Waals surface area contributed by atoms with Crippen LogP contribution in [-0.4, -0.2) is 58.7 Å². The van der Waals surface area contributed by atoms with Gasteiger partial charge in [0, 0.05) is 27.6 Å². The molecular formula is C41H44N4O7S2. The van der Waals surface area contributed by atoms with Gasteiger partial charge in [-0.25, -0.2) is 9.59 Å². The van der Waals surface area contributed by atoms with Gasteiger partial charge in [0.1, 0.15) is 16.3 Å². The SMILES string of the molecule is CCOC(=O)c1c(NC(=O)C(CC)Sc2cccc(NC(=O)/C(=C/c3ccccc3)NC(=O)c3ccccc3)c2)sc2c1CCN(C(=O)OC(C)(C)C)C2. The maximum Gasteiger partial charge on any atom is 0.410 e. The summed E-state index contributed by atoms with van der Waals surface area (Å²) < 4.78 is 10.9. The fraction of sp³-hybridized carbons (Fsp3) is 0.293. The molecule has 3 N–H and O–H groups in total. The number of nitrogens with one attached hydrogen (secondary N) is 3. The van der Waals surface area contributed by atoms with E-state index in [0.29, 0.717) is 41.2 Å². The van der Waals surface area contributed by atoms with Crippen LogP contribution in [0.2, 0.25) is 0 Å². The van der Waals surface area contributed by atoms with Crippen LogP contribution < -0.4 is 16.0 Å². The highest BCUT2D eigenvalue weighted by Gasteiger charge is 2.33. The Labute approximate surface area is 323 Å². The van der Waals surface area contributed by atoms with E-state index in [1.807, 2.05) is 64.1 Å². The standard InChI is InChI=1S/C41H44N4O7S2/c1-6-32(37(48)44-38-34(39(49)51-7-2)30-21-22-45(25-33(30)54-38)40(50)52-41(3,4)5)53-29-20-14-19-28(24-29)42-36(47)31(23-26-15-10-8-11-16-26)43-35(46)27-17-12-9-13-18-27/h8-20,23-24,32H,6-7,21-22,25H2,1-5H3,(H,42,47)(H,43,46)(H,44,48)/b31-23-. The number of amides is 4. The van der Waals surface area contributed by atoms with Crippen LogP contribution in [0, 0.1) is 0 Å².